The van der Waals surface area contributed by atoms with E-state index in [1.807, 2.05) is 52.0 Å². The van der Waals surface area contributed by atoms with Crippen LogP contribution in [0.3, 0.4) is 0 Å². The average molecular weight is 255 g/mol. The number of aliphatic hydroxyl groups is 1. The minimum Gasteiger partial charge on any atom is -0.389 e. The van der Waals surface area contributed by atoms with Crippen LogP contribution in [0, 0.1) is 18.8 Å². The number of aromatic nitrogens is 1. The third-order valence-corrected chi connectivity index (χ3v) is 2.82. The molecule has 100 valence electrons. The Morgan fingerprint density at radius 1 is 1.42 bits per heavy atom. The van der Waals surface area contributed by atoms with Crippen molar-refractivity contribution in [2.24, 2.45) is 0 Å². The Balaban J connectivity index is 3.58. The fraction of sp³-hybridized carbons (Fsp3) is 0.353. The Labute approximate surface area is 115 Å². The van der Waals surface area contributed by atoms with Gasteiger partial charge in [-0.3, -0.25) is 4.98 Å². The second kappa shape index (κ2) is 6.92. The number of nitrogens with zero attached hydrogens (tertiary/aromatic N) is 1. The van der Waals surface area contributed by atoms with E-state index in [1.54, 1.807) is 6.92 Å². The van der Waals surface area contributed by atoms with Crippen molar-refractivity contribution in [2.45, 2.75) is 40.7 Å². The average Bonchev–Trinajstić information content (AvgIpc) is 2.35. The summed E-state index contributed by atoms with van der Waals surface area (Å²) in [6.07, 6.45) is 3.41. The van der Waals surface area contributed by atoms with Gasteiger partial charge >= 0.3 is 0 Å². The summed E-state index contributed by atoms with van der Waals surface area (Å²) < 4.78 is 0. The molecule has 0 bridgehead atoms. The zero-order chi connectivity index (χ0) is 14.4. The molecule has 1 heterocycles. The highest BCUT2D eigenvalue weighted by atomic mass is 16.3. The quantitative estimate of drug-likeness (QED) is 0.658. The molecule has 1 aromatic rings. The highest BCUT2D eigenvalue weighted by molar-refractivity contribution is 5.79. The van der Waals surface area contributed by atoms with Crippen molar-refractivity contribution in [3.05, 3.63) is 46.8 Å². The zero-order valence-electron chi connectivity index (χ0n) is 12.3. The number of allylic oxidation sites excluding steroid dienone is 4. The summed E-state index contributed by atoms with van der Waals surface area (Å²) in [7, 11) is 0. The molecule has 0 aliphatic heterocycles. The van der Waals surface area contributed by atoms with Crippen molar-refractivity contribution >= 4 is 5.57 Å². The van der Waals surface area contributed by atoms with Gasteiger partial charge in [0, 0.05) is 22.4 Å². The van der Waals surface area contributed by atoms with Gasteiger partial charge in [0.1, 0.15) is 0 Å². The second-order valence-corrected chi connectivity index (χ2v) is 4.48. The predicted molar refractivity (Wildman–Crippen MR) is 80.5 cm³/mol. The maximum absolute atomic E-state index is 9.90. The molecular weight excluding hydrogens is 234 g/mol. The largest absolute Gasteiger partial charge is 0.389 e. The first-order valence-electron chi connectivity index (χ1n) is 6.43. The van der Waals surface area contributed by atoms with Gasteiger partial charge in [-0.15, -0.1) is 5.92 Å². The minimum absolute atomic E-state index is 0.550. The smallest absolute Gasteiger partial charge is 0.0783 e. The topological polar surface area (TPSA) is 33.1 Å². The van der Waals surface area contributed by atoms with Gasteiger partial charge in [0.15, 0.2) is 0 Å². The molecule has 0 aliphatic rings. The molecule has 0 spiro atoms. The monoisotopic (exact) mass is 255 g/mol. The van der Waals surface area contributed by atoms with E-state index in [-0.39, 0.29) is 0 Å². The summed E-state index contributed by atoms with van der Waals surface area (Å²) >= 11 is 0. The number of pyridine rings is 1. The number of aryl methyl sites for hydroxylation is 1. The van der Waals surface area contributed by atoms with Crippen molar-refractivity contribution < 1.29 is 5.11 Å². The molecule has 1 unspecified atom stereocenters. The van der Waals surface area contributed by atoms with Crippen LogP contribution in [0.5, 0.6) is 0 Å². The number of hydrogen-bond donors (Lipinski definition) is 1. The summed E-state index contributed by atoms with van der Waals surface area (Å²) in [5, 5.41) is 9.90. The van der Waals surface area contributed by atoms with Crippen molar-refractivity contribution in [3.8, 4) is 11.8 Å². The van der Waals surface area contributed by atoms with Gasteiger partial charge in [0.25, 0.3) is 0 Å². The van der Waals surface area contributed by atoms with Crippen LogP contribution in [0.15, 0.2) is 29.9 Å². The van der Waals surface area contributed by atoms with E-state index in [4.69, 9.17) is 0 Å². The van der Waals surface area contributed by atoms with Gasteiger partial charge in [-0.25, -0.2) is 0 Å². The maximum Gasteiger partial charge on any atom is 0.0783 e. The summed E-state index contributed by atoms with van der Waals surface area (Å²) in [6.45, 7) is 9.45. The second-order valence-electron chi connectivity index (χ2n) is 4.48. The molecule has 2 heteroatoms. The molecule has 1 N–H and O–H groups in total. The molecule has 2 nitrogen and oxygen atoms in total. The molecule has 0 saturated heterocycles. The lowest BCUT2D eigenvalue weighted by molar-refractivity contribution is 0.198. The first-order chi connectivity index (χ1) is 9.01. The van der Waals surface area contributed by atoms with E-state index in [2.05, 4.69) is 16.8 Å². The maximum atomic E-state index is 9.90. The molecule has 0 aliphatic carbocycles. The van der Waals surface area contributed by atoms with Crippen LogP contribution >= 0.6 is 0 Å². The van der Waals surface area contributed by atoms with Crippen molar-refractivity contribution in [1.82, 2.24) is 4.98 Å². The van der Waals surface area contributed by atoms with Gasteiger partial charge < -0.3 is 5.11 Å². The van der Waals surface area contributed by atoms with Crippen molar-refractivity contribution in [1.29, 1.82) is 0 Å². The van der Waals surface area contributed by atoms with Gasteiger partial charge in [-0.2, -0.15) is 0 Å². The van der Waals surface area contributed by atoms with E-state index >= 15 is 0 Å². The van der Waals surface area contributed by atoms with Crippen LogP contribution in [0.2, 0.25) is 0 Å². The number of rotatable bonds is 3. The number of hydrogen-bond acceptors (Lipinski definition) is 2. The van der Waals surface area contributed by atoms with Gasteiger partial charge in [-0.1, -0.05) is 24.1 Å². The normalized spacial score (nSPS) is 13.8. The van der Waals surface area contributed by atoms with Crippen LogP contribution in [0.25, 0.3) is 5.57 Å². The van der Waals surface area contributed by atoms with Crippen LogP contribution in [0.1, 0.15) is 50.8 Å². The fourth-order valence-corrected chi connectivity index (χ4v) is 1.92. The summed E-state index contributed by atoms with van der Waals surface area (Å²) in [5.74, 6) is 5.98. The molecule has 0 radical (unpaired) electrons. The molecular formula is C17H21NO. The summed E-state index contributed by atoms with van der Waals surface area (Å²) in [4.78, 5) is 4.58. The Morgan fingerprint density at radius 3 is 2.63 bits per heavy atom. The van der Waals surface area contributed by atoms with E-state index in [1.165, 1.54) is 0 Å². The van der Waals surface area contributed by atoms with E-state index in [0.29, 0.717) is 0 Å². The predicted octanol–water partition coefficient (Wildman–Crippen LogP) is 3.82. The summed E-state index contributed by atoms with van der Waals surface area (Å²) in [5.41, 5.74) is 4.50. The van der Waals surface area contributed by atoms with Gasteiger partial charge in [0.05, 0.1) is 11.8 Å². The standard InChI is InChI=1S/C17H21NO/c1-6-8-12(3)15(9-7-2)17-16(14(5)19)11-10-13(4)18-17/h7,9-11,14,19H,1-5H3/b9-7-,15-12+. The Bertz CT molecular complexity index is 569. The lowest BCUT2D eigenvalue weighted by Gasteiger charge is -2.14. The molecule has 0 aromatic carbocycles. The van der Waals surface area contributed by atoms with Crippen LogP contribution in [0.4, 0.5) is 0 Å². The van der Waals surface area contributed by atoms with E-state index in [9.17, 15) is 5.11 Å². The highest BCUT2D eigenvalue weighted by Crippen LogP contribution is 2.26. The first kappa shape index (κ1) is 15.2. The van der Waals surface area contributed by atoms with E-state index < -0.39 is 6.10 Å². The Hall–Kier alpha value is -1.85. The third kappa shape index (κ3) is 3.81. The van der Waals surface area contributed by atoms with E-state index in [0.717, 1.165) is 28.1 Å². The van der Waals surface area contributed by atoms with Crippen molar-refractivity contribution in [3.63, 3.8) is 0 Å². The van der Waals surface area contributed by atoms with Gasteiger partial charge in [-0.05, 0) is 40.7 Å². The van der Waals surface area contributed by atoms with Crippen molar-refractivity contribution in [2.75, 3.05) is 0 Å². The molecule has 1 aromatic heterocycles. The number of aliphatic hydroxyl groups excluding tert-OH is 1. The zero-order valence-corrected chi connectivity index (χ0v) is 12.3. The first-order valence-corrected chi connectivity index (χ1v) is 6.43. The van der Waals surface area contributed by atoms with Crippen LogP contribution in [-0.4, -0.2) is 10.1 Å². The highest BCUT2D eigenvalue weighted by Gasteiger charge is 2.13. The van der Waals surface area contributed by atoms with Gasteiger partial charge in [0.2, 0.25) is 0 Å². The molecule has 1 rings (SSSR count). The lowest BCUT2D eigenvalue weighted by atomic mass is 9.98. The van der Waals surface area contributed by atoms with Crippen LogP contribution in [-0.2, 0) is 0 Å². The Kier molecular flexibility index (Phi) is 5.54. The Morgan fingerprint density at radius 2 is 2.11 bits per heavy atom. The fourth-order valence-electron chi connectivity index (χ4n) is 1.92. The molecule has 0 fully saturated rings. The molecule has 0 saturated carbocycles. The summed E-state index contributed by atoms with van der Waals surface area (Å²) in [6, 6.07) is 3.85. The SMILES string of the molecule is CC#C/C(C)=C(\C=C/C)c1nc(C)ccc1C(C)O. The molecule has 0 amide bonds. The minimum atomic E-state index is -0.550. The molecule has 19 heavy (non-hydrogen) atoms. The third-order valence-electron chi connectivity index (χ3n) is 2.82. The lowest BCUT2D eigenvalue weighted by Crippen LogP contribution is -2.02. The molecule has 1 atom stereocenters. The van der Waals surface area contributed by atoms with Crippen LogP contribution < -0.4 is 0 Å².